The van der Waals surface area contributed by atoms with E-state index in [0.717, 1.165) is 25.5 Å². The summed E-state index contributed by atoms with van der Waals surface area (Å²) in [5.41, 5.74) is 0.372. The number of amides is 1. The van der Waals surface area contributed by atoms with Crippen LogP contribution >= 0.6 is 11.6 Å². The number of carbonyl (C=O) groups excluding carboxylic acids is 2. The fourth-order valence-electron chi connectivity index (χ4n) is 2.64. The maximum absolute atomic E-state index is 13.0. The van der Waals surface area contributed by atoms with Gasteiger partial charge in [0.05, 0.1) is 29.8 Å². The van der Waals surface area contributed by atoms with Gasteiger partial charge in [-0.05, 0) is 44.5 Å². The smallest absolute Gasteiger partial charge is 0.310 e. The van der Waals surface area contributed by atoms with Gasteiger partial charge < -0.3 is 10.1 Å². The average Bonchev–Trinajstić information content (AvgIpc) is 2.50. The Morgan fingerprint density at radius 1 is 1.48 bits per heavy atom. The first-order valence-corrected chi connectivity index (χ1v) is 8.01. The molecule has 0 spiro atoms. The fraction of sp³-hybridized carbons (Fsp3) is 0.500. The summed E-state index contributed by atoms with van der Waals surface area (Å²) in [5, 5.41) is 2.81. The van der Waals surface area contributed by atoms with E-state index in [1.807, 2.05) is 4.90 Å². The molecule has 2 rings (SSSR count). The fourth-order valence-corrected chi connectivity index (χ4v) is 2.85. The summed E-state index contributed by atoms with van der Waals surface area (Å²) < 4.78 is 18.0. The molecule has 0 unspecified atom stereocenters. The summed E-state index contributed by atoms with van der Waals surface area (Å²) >= 11 is 5.89. The number of hydrogen-bond acceptors (Lipinski definition) is 4. The minimum atomic E-state index is -0.457. The molecule has 1 fully saturated rings. The molecule has 1 aliphatic rings. The van der Waals surface area contributed by atoms with Gasteiger partial charge >= 0.3 is 5.97 Å². The lowest BCUT2D eigenvalue weighted by molar-refractivity contribution is -0.150. The molecule has 1 atom stereocenters. The zero-order chi connectivity index (χ0) is 16.8. The molecular weight excluding hydrogens is 323 g/mol. The predicted molar refractivity (Wildman–Crippen MR) is 85.8 cm³/mol. The second-order valence-electron chi connectivity index (χ2n) is 5.50. The normalized spacial score (nSPS) is 18.5. The third-order valence-electron chi connectivity index (χ3n) is 3.70. The lowest BCUT2D eigenvalue weighted by atomic mass is 9.98. The highest BCUT2D eigenvalue weighted by atomic mass is 35.5. The summed E-state index contributed by atoms with van der Waals surface area (Å²) in [6, 6.07) is 3.81. The number of halogens is 2. The minimum Gasteiger partial charge on any atom is -0.466 e. The molecule has 1 saturated heterocycles. The number of carbonyl (C=O) groups is 2. The van der Waals surface area contributed by atoms with Gasteiger partial charge in [-0.3, -0.25) is 14.5 Å². The molecule has 0 radical (unpaired) electrons. The predicted octanol–water partition coefficient (Wildman–Crippen LogP) is 2.69. The van der Waals surface area contributed by atoms with E-state index < -0.39 is 5.82 Å². The van der Waals surface area contributed by atoms with Crippen LogP contribution in [-0.2, 0) is 14.3 Å². The van der Waals surface area contributed by atoms with Gasteiger partial charge in [-0.15, -0.1) is 0 Å². The zero-order valence-electron chi connectivity index (χ0n) is 13.0. The molecule has 0 aliphatic carbocycles. The van der Waals surface area contributed by atoms with Gasteiger partial charge in [0, 0.05) is 6.54 Å². The molecule has 0 saturated carbocycles. The van der Waals surface area contributed by atoms with Crippen molar-refractivity contribution in [2.75, 3.05) is 31.6 Å². The molecule has 126 valence electrons. The molecule has 0 aromatic heterocycles. The Hall–Kier alpha value is -1.66. The van der Waals surface area contributed by atoms with Crippen molar-refractivity contribution in [1.82, 2.24) is 4.90 Å². The van der Waals surface area contributed by atoms with Crippen LogP contribution in [0.1, 0.15) is 19.8 Å². The summed E-state index contributed by atoms with van der Waals surface area (Å²) in [6.07, 6.45) is 1.62. The van der Waals surface area contributed by atoms with E-state index in [-0.39, 0.29) is 29.4 Å². The second-order valence-corrected chi connectivity index (χ2v) is 5.91. The number of ether oxygens (including phenoxy) is 1. The van der Waals surface area contributed by atoms with E-state index in [0.29, 0.717) is 18.8 Å². The third-order valence-corrected chi connectivity index (χ3v) is 4.01. The summed E-state index contributed by atoms with van der Waals surface area (Å²) in [7, 11) is 0. The van der Waals surface area contributed by atoms with Gasteiger partial charge in [0.2, 0.25) is 5.91 Å². The molecule has 1 aromatic carbocycles. The Morgan fingerprint density at radius 2 is 2.26 bits per heavy atom. The van der Waals surface area contributed by atoms with Gasteiger partial charge in [0.25, 0.3) is 0 Å². The highest BCUT2D eigenvalue weighted by Gasteiger charge is 2.27. The summed E-state index contributed by atoms with van der Waals surface area (Å²) in [6.45, 7) is 3.55. The van der Waals surface area contributed by atoms with Gasteiger partial charge in [-0.1, -0.05) is 11.6 Å². The largest absolute Gasteiger partial charge is 0.466 e. The second kappa shape index (κ2) is 8.26. The van der Waals surface area contributed by atoms with Crippen molar-refractivity contribution in [3.8, 4) is 0 Å². The number of nitrogens with one attached hydrogen (secondary N) is 1. The highest BCUT2D eigenvalue weighted by molar-refractivity contribution is 6.33. The Kier molecular flexibility index (Phi) is 6.36. The zero-order valence-corrected chi connectivity index (χ0v) is 13.7. The van der Waals surface area contributed by atoms with Crippen LogP contribution in [-0.4, -0.2) is 43.0 Å². The van der Waals surface area contributed by atoms with E-state index in [1.165, 1.54) is 12.1 Å². The topological polar surface area (TPSA) is 58.6 Å². The van der Waals surface area contributed by atoms with Crippen molar-refractivity contribution >= 4 is 29.2 Å². The molecule has 1 N–H and O–H groups in total. The Balaban J connectivity index is 1.88. The molecule has 1 aliphatic heterocycles. The van der Waals surface area contributed by atoms with Gasteiger partial charge in [0.1, 0.15) is 5.82 Å². The monoisotopic (exact) mass is 342 g/mol. The Morgan fingerprint density at radius 3 is 2.96 bits per heavy atom. The van der Waals surface area contributed by atoms with Gasteiger partial charge in [-0.25, -0.2) is 4.39 Å². The molecule has 0 bridgehead atoms. The molecule has 1 amide bonds. The number of rotatable bonds is 5. The Bertz CT molecular complexity index is 582. The van der Waals surface area contributed by atoms with E-state index >= 15 is 0 Å². The lowest BCUT2D eigenvalue weighted by Crippen LogP contribution is -2.43. The van der Waals surface area contributed by atoms with E-state index in [4.69, 9.17) is 16.3 Å². The van der Waals surface area contributed by atoms with Crippen molar-refractivity contribution < 1.29 is 18.7 Å². The van der Waals surface area contributed by atoms with Crippen molar-refractivity contribution in [3.05, 3.63) is 29.0 Å². The van der Waals surface area contributed by atoms with Crippen LogP contribution in [0, 0.1) is 11.7 Å². The quantitative estimate of drug-likeness (QED) is 0.836. The van der Waals surface area contributed by atoms with Crippen LogP contribution in [0.3, 0.4) is 0 Å². The first-order chi connectivity index (χ1) is 11.0. The number of benzene rings is 1. The number of piperidine rings is 1. The SMILES string of the molecule is CCOC(=O)[C@@H]1CCCN(CC(=O)Nc2ccc(F)cc2Cl)C1. The number of anilines is 1. The molecule has 7 heteroatoms. The maximum atomic E-state index is 13.0. The number of likely N-dealkylation sites (tertiary alicyclic amines) is 1. The summed E-state index contributed by atoms with van der Waals surface area (Å²) in [5.74, 6) is -1.10. The van der Waals surface area contributed by atoms with E-state index in [9.17, 15) is 14.0 Å². The van der Waals surface area contributed by atoms with Crippen molar-refractivity contribution in [2.24, 2.45) is 5.92 Å². The van der Waals surface area contributed by atoms with Crippen LogP contribution in [0.4, 0.5) is 10.1 Å². The van der Waals surface area contributed by atoms with Crippen LogP contribution in [0.15, 0.2) is 18.2 Å². The van der Waals surface area contributed by atoms with Gasteiger partial charge in [-0.2, -0.15) is 0 Å². The van der Waals surface area contributed by atoms with Gasteiger partial charge in [0.15, 0.2) is 0 Å². The molecule has 23 heavy (non-hydrogen) atoms. The molecular formula is C16H20ClFN2O3. The van der Waals surface area contributed by atoms with Crippen molar-refractivity contribution in [1.29, 1.82) is 0 Å². The van der Waals surface area contributed by atoms with Crippen LogP contribution in [0.25, 0.3) is 0 Å². The minimum absolute atomic E-state index is 0.154. The molecule has 1 aromatic rings. The third kappa shape index (κ3) is 5.18. The molecule has 1 heterocycles. The number of hydrogen-bond donors (Lipinski definition) is 1. The first kappa shape index (κ1) is 17.7. The van der Waals surface area contributed by atoms with Crippen molar-refractivity contribution in [2.45, 2.75) is 19.8 Å². The standard InChI is InChI=1S/C16H20ClFN2O3/c1-2-23-16(22)11-4-3-7-20(9-11)10-15(21)19-14-6-5-12(18)8-13(14)17/h5-6,8,11H,2-4,7,9-10H2,1H3,(H,19,21)/t11-/m1/s1. The number of esters is 1. The van der Waals surface area contributed by atoms with Crippen LogP contribution in [0.5, 0.6) is 0 Å². The van der Waals surface area contributed by atoms with E-state index in [2.05, 4.69) is 5.32 Å². The summed E-state index contributed by atoms with van der Waals surface area (Å²) in [4.78, 5) is 25.8. The first-order valence-electron chi connectivity index (χ1n) is 7.63. The Labute approximate surface area is 139 Å². The maximum Gasteiger partial charge on any atom is 0.310 e. The average molecular weight is 343 g/mol. The van der Waals surface area contributed by atoms with E-state index in [1.54, 1.807) is 6.92 Å². The van der Waals surface area contributed by atoms with Crippen molar-refractivity contribution in [3.63, 3.8) is 0 Å². The van der Waals surface area contributed by atoms with Crippen LogP contribution in [0.2, 0.25) is 5.02 Å². The van der Waals surface area contributed by atoms with Crippen LogP contribution < -0.4 is 5.32 Å². The lowest BCUT2D eigenvalue weighted by Gasteiger charge is -2.30. The molecule has 5 nitrogen and oxygen atoms in total. The highest BCUT2D eigenvalue weighted by Crippen LogP contribution is 2.23. The number of nitrogens with zero attached hydrogens (tertiary/aromatic N) is 1.